The summed E-state index contributed by atoms with van der Waals surface area (Å²) < 4.78 is 38.5. The highest BCUT2D eigenvalue weighted by Gasteiger charge is 2.47. The van der Waals surface area contributed by atoms with Gasteiger partial charge in [0.25, 0.3) is 0 Å². The molecule has 7 heteroatoms. The molecule has 0 radical (unpaired) electrons. The molecule has 1 saturated heterocycles. The number of amides is 1. The van der Waals surface area contributed by atoms with E-state index in [0.29, 0.717) is 5.02 Å². The summed E-state index contributed by atoms with van der Waals surface area (Å²) in [6, 6.07) is 10.1. The van der Waals surface area contributed by atoms with E-state index in [2.05, 4.69) is 0 Å². The number of alkyl halides is 3. The first-order chi connectivity index (χ1) is 10.8. The molecule has 1 aliphatic heterocycles. The van der Waals surface area contributed by atoms with Crippen LogP contribution < -0.4 is 10.6 Å². The lowest BCUT2D eigenvalue weighted by Crippen LogP contribution is -2.63. The summed E-state index contributed by atoms with van der Waals surface area (Å²) in [5.74, 6) is -0.413. The third kappa shape index (κ3) is 2.80. The third-order valence-electron chi connectivity index (χ3n) is 3.80. The second-order valence-electron chi connectivity index (χ2n) is 5.28. The average Bonchev–Trinajstić information content (AvgIpc) is 2.52. The summed E-state index contributed by atoms with van der Waals surface area (Å²) in [6.45, 7) is 0. The fourth-order valence-corrected chi connectivity index (χ4v) is 2.77. The quantitative estimate of drug-likeness (QED) is 0.846. The molecular formula is C16H12ClF3N2O. The summed E-state index contributed by atoms with van der Waals surface area (Å²) in [4.78, 5) is 13.3. The van der Waals surface area contributed by atoms with Crippen molar-refractivity contribution in [3.05, 3.63) is 64.7 Å². The van der Waals surface area contributed by atoms with Crippen LogP contribution in [0.5, 0.6) is 0 Å². The Kier molecular flexibility index (Phi) is 3.82. The van der Waals surface area contributed by atoms with E-state index in [9.17, 15) is 18.0 Å². The van der Waals surface area contributed by atoms with Gasteiger partial charge in [-0.25, -0.2) is 0 Å². The van der Waals surface area contributed by atoms with Crippen molar-refractivity contribution in [1.29, 1.82) is 0 Å². The highest BCUT2D eigenvalue weighted by atomic mass is 35.5. The summed E-state index contributed by atoms with van der Waals surface area (Å²) in [7, 11) is 0. The zero-order valence-electron chi connectivity index (χ0n) is 11.7. The van der Waals surface area contributed by atoms with Gasteiger partial charge in [-0.2, -0.15) is 13.2 Å². The van der Waals surface area contributed by atoms with Gasteiger partial charge in [-0.1, -0.05) is 29.8 Å². The molecule has 1 fully saturated rings. The van der Waals surface area contributed by atoms with Crippen molar-refractivity contribution in [2.75, 3.05) is 4.90 Å². The second kappa shape index (κ2) is 5.54. The van der Waals surface area contributed by atoms with Crippen LogP contribution in [0.3, 0.4) is 0 Å². The van der Waals surface area contributed by atoms with Crippen LogP contribution in [0.1, 0.15) is 17.2 Å². The Morgan fingerprint density at radius 3 is 2.35 bits per heavy atom. The van der Waals surface area contributed by atoms with Gasteiger partial charge in [-0.3, -0.25) is 4.79 Å². The molecule has 0 aromatic heterocycles. The first-order valence-electron chi connectivity index (χ1n) is 6.80. The topological polar surface area (TPSA) is 46.3 Å². The minimum Gasteiger partial charge on any atom is -0.318 e. The lowest BCUT2D eigenvalue weighted by molar-refractivity contribution is -0.137. The number of carbonyl (C=O) groups excluding carboxylic acids is 1. The molecule has 2 atom stereocenters. The van der Waals surface area contributed by atoms with E-state index in [-0.39, 0.29) is 5.69 Å². The number of rotatable bonds is 2. The van der Waals surface area contributed by atoms with E-state index >= 15 is 0 Å². The Labute approximate surface area is 135 Å². The summed E-state index contributed by atoms with van der Waals surface area (Å²) in [5.41, 5.74) is 5.93. The number of hydrogen-bond donors (Lipinski definition) is 1. The van der Waals surface area contributed by atoms with E-state index < -0.39 is 29.7 Å². The van der Waals surface area contributed by atoms with Gasteiger partial charge in [0.2, 0.25) is 5.91 Å². The largest absolute Gasteiger partial charge is 0.416 e. The van der Waals surface area contributed by atoms with E-state index in [1.807, 2.05) is 0 Å². The monoisotopic (exact) mass is 340 g/mol. The van der Waals surface area contributed by atoms with Gasteiger partial charge in [-0.15, -0.1) is 0 Å². The van der Waals surface area contributed by atoms with Crippen molar-refractivity contribution < 1.29 is 18.0 Å². The third-order valence-corrected chi connectivity index (χ3v) is 4.06. The van der Waals surface area contributed by atoms with E-state index in [4.69, 9.17) is 17.3 Å². The number of nitrogens with two attached hydrogens (primary N) is 1. The number of carbonyl (C=O) groups is 1. The van der Waals surface area contributed by atoms with Gasteiger partial charge >= 0.3 is 6.18 Å². The first-order valence-corrected chi connectivity index (χ1v) is 7.18. The maximum Gasteiger partial charge on any atom is 0.416 e. The molecule has 0 spiro atoms. The van der Waals surface area contributed by atoms with Gasteiger partial charge in [0, 0.05) is 10.7 Å². The van der Waals surface area contributed by atoms with Crippen LogP contribution >= 0.6 is 11.6 Å². The maximum absolute atomic E-state index is 12.8. The first kappa shape index (κ1) is 15.8. The van der Waals surface area contributed by atoms with Crippen LogP contribution in [-0.4, -0.2) is 11.9 Å². The molecule has 2 N–H and O–H groups in total. The lowest BCUT2D eigenvalue weighted by atomic mass is 9.88. The lowest BCUT2D eigenvalue weighted by Gasteiger charge is -2.45. The molecule has 120 valence electrons. The number of β-lactam (4-membered cyclic amide) rings is 1. The Balaban J connectivity index is 1.98. The fourth-order valence-electron chi connectivity index (χ4n) is 2.65. The van der Waals surface area contributed by atoms with Crippen molar-refractivity contribution in [2.24, 2.45) is 5.73 Å². The molecule has 2 unspecified atom stereocenters. The van der Waals surface area contributed by atoms with Crippen molar-refractivity contribution in [2.45, 2.75) is 18.3 Å². The number of anilines is 1. The van der Waals surface area contributed by atoms with Crippen LogP contribution in [0.4, 0.5) is 18.9 Å². The molecule has 2 aromatic carbocycles. The number of benzene rings is 2. The number of nitrogens with zero attached hydrogens (tertiary/aromatic N) is 1. The second-order valence-corrected chi connectivity index (χ2v) is 5.71. The smallest absolute Gasteiger partial charge is 0.318 e. The van der Waals surface area contributed by atoms with Crippen molar-refractivity contribution in [1.82, 2.24) is 0 Å². The molecule has 1 amide bonds. The highest BCUT2D eigenvalue weighted by molar-refractivity contribution is 6.30. The average molecular weight is 341 g/mol. The van der Waals surface area contributed by atoms with Crippen LogP contribution in [0.2, 0.25) is 5.02 Å². The van der Waals surface area contributed by atoms with Crippen LogP contribution in [0.25, 0.3) is 0 Å². The molecular weight excluding hydrogens is 329 g/mol. The van der Waals surface area contributed by atoms with E-state index in [1.54, 1.807) is 24.3 Å². The highest BCUT2D eigenvalue weighted by Crippen LogP contribution is 2.40. The van der Waals surface area contributed by atoms with Crippen molar-refractivity contribution in [3.8, 4) is 0 Å². The number of halogens is 4. The predicted molar refractivity (Wildman–Crippen MR) is 81.1 cm³/mol. The normalized spacial score (nSPS) is 21.3. The van der Waals surface area contributed by atoms with Gasteiger partial charge in [0.1, 0.15) is 6.04 Å². The zero-order valence-corrected chi connectivity index (χ0v) is 12.5. The van der Waals surface area contributed by atoms with Gasteiger partial charge in [0.15, 0.2) is 0 Å². The van der Waals surface area contributed by atoms with E-state index in [1.165, 1.54) is 17.0 Å². The summed E-state index contributed by atoms with van der Waals surface area (Å²) in [5, 5.41) is 0.526. The van der Waals surface area contributed by atoms with Crippen LogP contribution in [-0.2, 0) is 11.0 Å². The summed E-state index contributed by atoms with van der Waals surface area (Å²) in [6.07, 6.45) is -4.47. The van der Waals surface area contributed by atoms with Crippen molar-refractivity contribution in [3.63, 3.8) is 0 Å². The minimum absolute atomic E-state index is 0.173. The van der Waals surface area contributed by atoms with Gasteiger partial charge < -0.3 is 10.6 Å². The van der Waals surface area contributed by atoms with Crippen molar-refractivity contribution >= 4 is 23.2 Å². The SMILES string of the molecule is NC1C(=O)N(c2cccc(C(F)(F)F)c2)C1c1ccc(Cl)cc1. The molecule has 1 aliphatic rings. The predicted octanol–water partition coefficient (Wildman–Crippen LogP) is 3.77. The Morgan fingerprint density at radius 1 is 1.09 bits per heavy atom. The Bertz CT molecular complexity index is 746. The molecule has 23 heavy (non-hydrogen) atoms. The van der Waals surface area contributed by atoms with Gasteiger partial charge in [-0.05, 0) is 35.9 Å². The fraction of sp³-hybridized carbons (Fsp3) is 0.188. The van der Waals surface area contributed by atoms with E-state index in [0.717, 1.165) is 17.7 Å². The molecule has 0 saturated carbocycles. The zero-order chi connectivity index (χ0) is 16.8. The standard InChI is InChI=1S/C16H12ClF3N2O/c17-11-6-4-9(5-7-11)14-13(21)15(23)22(14)12-3-1-2-10(8-12)16(18,19)20/h1-8,13-14H,21H2. The molecule has 3 rings (SSSR count). The molecule has 1 heterocycles. The van der Waals surface area contributed by atoms with Crippen LogP contribution in [0, 0.1) is 0 Å². The molecule has 0 aliphatic carbocycles. The molecule has 3 nitrogen and oxygen atoms in total. The Hall–Kier alpha value is -2.05. The number of hydrogen-bond acceptors (Lipinski definition) is 2. The Morgan fingerprint density at radius 2 is 1.74 bits per heavy atom. The maximum atomic E-state index is 12.8. The summed E-state index contributed by atoms with van der Waals surface area (Å²) >= 11 is 5.83. The molecule has 0 bridgehead atoms. The van der Waals surface area contributed by atoms with Gasteiger partial charge in [0.05, 0.1) is 11.6 Å². The molecule has 2 aromatic rings. The van der Waals surface area contributed by atoms with Crippen LogP contribution in [0.15, 0.2) is 48.5 Å². The minimum atomic E-state index is -4.47.